The van der Waals surface area contributed by atoms with Gasteiger partial charge in [-0.25, -0.2) is 23.2 Å². The summed E-state index contributed by atoms with van der Waals surface area (Å²) < 4.78 is 64.2. The molecule has 10 nitrogen and oxygen atoms in total. The summed E-state index contributed by atoms with van der Waals surface area (Å²) in [6.45, 7) is 4.13. The Morgan fingerprint density at radius 2 is 1.27 bits per heavy atom. The van der Waals surface area contributed by atoms with Crippen molar-refractivity contribution in [2.45, 2.75) is 0 Å². The highest BCUT2D eigenvalue weighted by molar-refractivity contribution is 5.68. The van der Waals surface area contributed by atoms with Crippen molar-refractivity contribution in [1.82, 2.24) is 0 Å². The molecule has 3 rings (SSSR count). The summed E-state index contributed by atoms with van der Waals surface area (Å²) in [5, 5.41) is 0. The van der Waals surface area contributed by atoms with E-state index < -0.39 is 10.2 Å². The molecule has 0 aliphatic carbocycles. The number of pyridine rings is 1. The lowest BCUT2D eigenvalue weighted by Gasteiger charge is -2.17. The van der Waals surface area contributed by atoms with Gasteiger partial charge in [0.1, 0.15) is 20.3 Å². The van der Waals surface area contributed by atoms with E-state index in [9.17, 15) is 0 Å². The summed E-state index contributed by atoms with van der Waals surface area (Å²) in [5.74, 6) is 1.41. The maximum Gasteiger partial charge on any atom is 0.204 e. The Hall–Kier alpha value is -2.28. The van der Waals surface area contributed by atoms with Crippen molar-refractivity contribution in [3.8, 4) is 11.5 Å². The highest BCUT2D eigenvalue weighted by atomic mass is 35.7. The number of aromatic nitrogens is 1. The number of nitrogens with zero attached hydrogens (tertiary/aromatic N) is 1. The number of rotatable bonds is 2. The number of benzene rings is 1. The number of hydrogen-bond acceptors (Lipinski definition) is 9. The Morgan fingerprint density at radius 3 is 1.85 bits per heavy atom. The third kappa shape index (κ3) is 12.5. The van der Waals surface area contributed by atoms with E-state index in [-0.39, 0.29) is 0 Å². The van der Waals surface area contributed by atoms with Crippen LogP contribution in [0.3, 0.4) is 0 Å². The summed E-state index contributed by atoms with van der Waals surface area (Å²) in [6, 6.07) is 12.0. The van der Waals surface area contributed by atoms with Crippen molar-refractivity contribution in [2.24, 2.45) is 7.05 Å². The summed E-state index contributed by atoms with van der Waals surface area (Å²) >= 11 is 0. The predicted molar refractivity (Wildman–Crippen MR) is 106 cm³/mol. The molecule has 1 aliphatic rings. The van der Waals surface area contributed by atoms with Crippen molar-refractivity contribution in [2.75, 3.05) is 52.9 Å². The fourth-order valence-electron chi connectivity index (χ4n) is 2.71. The van der Waals surface area contributed by atoms with Gasteiger partial charge in [-0.3, -0.25) is 0 Å². The van der Waals surface area contributed by atoms with Crippen LogP contribution in [0.4, 0.5) is 0 Å². The van der Waals surface area contributed by atoms with E-state index in [0.29, 0.717) is 64.4 Å². The zero-order chi connectivity index (χ0) is 23.9. The molecule has 0 N–H and O–H groups in total. The summed E-state index contributed by atoms with van der Waals surface area (Å²) in [4.78, 5) is 0. The average molecular weight is 486 g/mol. The monoisotopic (exact) mass is 485 g/mol. The predicted octanol–water partition coefficient (Wildman–Crippen LogP) is -2.25. The first-order chi connectivity index (χ1) is 15.8. The van der Waals surface area contributed by atoms with Crippen LogP contribution in [0.15, 0.2) is 42.6 Å². The van der Waals surface area contributed by atoms with Gasteiger partial charge in [0.25, 0.3) is 0 Å². The van der Waals surface area contributed by atoms with E-state index in [2.05, 4.69) is 22.8 Å². The van der Waals surface area contributed by atoms with Gasteiger partial charge in [-0.05, 0) is 29.8 Å². The van der Waals surface area contributed by atoms with E-state index in [1.807, 2.05) is 43.6 Å². The fourth-order valence-corrected chi connectivity index (χ4v) is 2.71. The highest BCUT2D eigenvalue weighted by Gasteiger charge is 2.08. The Kier molecular flexibility index (Phi) is 12.1. The van der Waals surface area contributed by atoms with Crippen LogP contribution in [0.25, 0.3) is 12.2 Å². The second kappa shape index (κ2) is 14.8. The van der Waals surface area contributed by atoms with Crippen molar-refractivity contribution in [1.29, 1.82) is 0 Å². The minimum absolute atomic E-state index is 0.452. The van der Waals surface area contributed by atoms with E-state index in [0.717, 1.165) is 11.3 Å². The molecule has 0 amide bonds. The standard InChI is InChI=1S/C22H28NO5.ClHO4/c1-23-9-3-2-4-20(23)7-5-19-6-8-21-22(18-19)28-17-15-26-13-11-24-10-12-25-14-16-27-21;2-1(3,4)5/h2-9,18H,10-17H2,1H3;(H,2,3,4,5)/q+1;/p-1/b7-5+;. The van der Waals surface area contributed by atoms with Gasteiger partial charge in [0.05, 0.1) is 39.6 Å². The van der Waals surface area contributed by atoms with Crippen LogP contribution in [-0.4, -0.2) is 52.9 Å². The van der Waals surface area contributed by atoms with Gasteiger partial charge in [-0.2, -0.15) is 0 Å². The zero-order valence-corrected chi connectivity index (χ0v) is 19.1. The molecule has 0 saturated carbocycles. The molecule has 0 radical (unpaired) electrons. The topological polar surface area (TPSA) is 142 Å². The van der Waals surface area contributed by atoms with E-state index >= 15 is 0 Å². The summed E-state index contributed by atoms with van der Waals surface area (Å²) in [7, 11) is -2.92. The lowest BCUT2D eigenvalue weighted by atomic mass is 10.1. The molecule has 2 heterocycles. The lowest BCUT2D eigenvalue weighted by Crippen LogP contribution is -2.68. The first kappa shape index (κ1) is 27.0. The van der Waals surface area contributed by atoms with Crippen molar-refractivity contribution >= 4 is 12.2 Å². The Balaban J connectivity index is 0.000000696. The normalized spacial score (nSPS) is 16.3. The molecule has 33 heavy (non-hydrogen) atoms. The Morgan fingerprint density at radius 1 is 0.727 bits per heavy atom. The van der Waals surface area contributed by atoms with Gasteiger partial charge in [0.15, 0.2) is 17.7 Å². The summed E-state index contributed by atoms with van der Waals surface area (Å²) in [5.41, 5.74) is 2.15. The first-order valence-electron chi connectivity index (χ1n) is 10.2. The fraction of sp³-hybridized carbons (Fsp3) is 0.409. The molecular formula is C22H28ClNO9. The third-order valence-electron chi connectivity index (χ3n) is 4.22. The molecule has 182 valence electrons. The number of hydrogen-bond donors (Lipinski definition) is 0. The molecular weight excluding hydrogens is 458 g/mol. The average Bonchev–Trinajstić information content (AvgIpc) is 2.76. The molecule has 0 bridgehead atoms. The van der Waals surface area contributed by atoms with Gasteiger partial charge in [0.2, 0.25) is 5.69 Å². The van der Waals surface area contributed by atoms with Gasteiger partial charge in [-0.1, -0.05) is 6.07 Å². The van der Waals surface area contributed by atoms with E-state index in [4.69, 9.17) is 42.3 Å². The van der Waals surface area contributed by atoms with Crippen LogP contribution in [0.2, 0.25) is 0 Å². The van der Waals surface area contributed by atoms with Crippen LogP contribution in [-0.2, 0) is 21.3 Å². The van der Waals surface area contributed by atoms with Crippen LogP contribution in [0.1, 0.15) is 11.3 Å². The molecule has 0 saturated heterocycles. The second-order valence-electron chi connectivity index (χ2n) is 6.69. The number of ether oxygens (including phenoxy) is 5. The lowest BCUT2D eigenvalue weighted by molar-refractivity contribution is -2.00. The molecule has 1 aromatic carbocycles. The molecule has 11 heteroatoms. The minimum Gasteiger partial charge on any atom is -0.487 e. The SMILES string of the molecule is C[n+]1ccccc1/C=C/c1ccc2c(c1)OCCOCCOCCOCCO2.[O-][Cl+3]([O-])([O-])[O-]. The zero-order valence-electron chi connectivity index (χ0n) is 18.4. The van der Waals surface area contributed by atoms with Gasteiger partial charge < -0.3 is 23.7 Å². The number of halogens is 1. The Bertz CT molecular complexity index is 852. The largest absolute Gasteiger partial charge is 0.487 e. The maximum atomic E-state index is 8.49. The van der Waals surface area contributed by atoms with Crippen LogP contribution in [0.5, 0.6) is 11.5 Å². The first-order valence-corrected chi connectivity index (χ1v) is 11.4. The van der Waals surface area contributed by atoms with Crippen LogP contribution in [0, 0.1) is 10.2 Å². The van der Waals surface area contributed by atoms with Crippen molar-refractivity contribution in [3.63, 3.8) is 0 Å². The van der Waals surface area contributed by atoms with Crippen LogP contribution < -0.4 is 32.7 Å². The highest BCUT2D eigenvalue weighted by Crippen LogP contribution is 2.29. The number of fused-ring (bicyclic) bond motifs is 1. The molecule has 0 unspecified atom stereocenters. The maximum absolute atomic E-state index is 8.49. The van der Waals surface area contributed by atoms with Crippen molar-refractivity contribution in [3.05, 3.63) is 53.9 Å². The molecule has 1 aliphatic heterocycles. The van der Waals surface area contributed by atoms with Gasteiger partial charge in [0, 0.05) is 18.2 Å². The number of aryl methyl sites for hydroxylation is 1. The Labute approximate surface area is 194 Å². The molecule has 0 fully saturated rings. The third-order valence-corrected chi connectivity index (χ3v) is 4.22. The quantitative estimate of drug-likeness (QED) is 0.431. The smallest absolute Gasteiger partial charge is 0.204 e. The van der Waals surface area contributed by atoms with Crippen molar-refractivity contribution < 1.29 is 57.1 Å². The van der Waals surface area contributed by atoms with E-state index in [1.54, 1.807) is 0 Å². The van der Waals surface area contributed by atoms with Gasteiger partial charge in [-0.15, -0.1) is 10.2 Å². The second-order valence-corrected chi connectivity index (χ2v) is 7.44. The molecule has 1 aromatic heterocycles. The molecule has 0 spiro atoms. The summed E-state index contributed by atoms with van der Waals surface area (Å²) in [6.07, 6.45) is 6.16. The molecule has 2 aromatic rings. The minimum atomic E-state index is -4.94. The molecule has 0 atom stereocenters. The van der Waals surface area contributed by atoms with E-state index in [1.165, 1.54) is 0 Å². The van der Waals surface area contributed by atoms with Crippen LogP contribution >= 0.6 is 0 Å². The van der Waals surface area contributed by atoms with Gasteiger partial charge >= 0.3 is 0 Å².